The summed E-state index contributed by atoms with van der Waals surface area (Å²) >= 11 is 0. The summed E-state index contributed by atoms with van der Waals surface area (Å²) in [6.07, 6.45) is 0. The first-order chi connectivity index (χ1) is 11.2. The molecule has 1 aliphatic heterocycles. The molecule has 1 amide bonds. The van der Waals surface area contributed by atoms with Crippen LogP contribution in [0.15, 0.2) is 48.5 Å². The molecule has 2 aromatic carbocycles. The Hall–Kier alpha value is -2.77. The van der Waals surface area contributed by atoms with Gasteiger partial charge >= 0.3 is 0 Å². The zero-order valence-corrected chi connectivity index (χ0v) is 12.7. The molecular weight excluding hydrogens is 288 g/mol. The van der Waals surface area contributed by atoms with Gasteiger partial charge in [0.1, 0.15) is 5.75 Å². The van der Waals surface area contributed by atoms with Crippen LogP contribution in [0.5, 0.6) is 5.75 Å². The lowest BCUT2D eigenvalue weighted by Gasteiger charge is -2.27. The first-order valence-electron chi connectivity index (χ1n) is 7.64. The second kappa shape index (κ2) is 6.99. The minimum Gasteiger partial charge on any atom is -0.508 e. The van der Waals surface area contributed by atoms with E-state index >= 15 is 0 Å². The maximum atomic E-state index is 12.7. The molecule has 1 heterocycles. The molecule has 4 heteroatoms. The number of carbonyl (C=O) groups is 1. The number of nitrogens with one attached hydrogen (secondary N) is 1. The summed E-state index contributed by atoms with van der Waals surface area (Å²) < 4.78 is 0. The minimum atomic E-state index is 0.0207. The highest BCUT2D eigenvalue weighted by Gasteiger charge is 2.19. The summed E-state index contributed by atoms with van der Waals surface area (Å²) in [5.41, 5.74) is 2.05. The third kappa shape index (κ3) is 3.71. The summed E-state index contributed by atoms with van der Waals surface area (Å²) in [4.78, 5) is 14.5. The van der Waals surface area contributed by atoms with Gasteiger partial charge in [-0.25, -0.2) is 0 Å². The van der Waals surface area contributed by atoms with Crippen LogP contribution in [-0.4, -0.2) is 42.1 Å². The summed E-state index contributed by atoms with van der Waals surface area (Å²) in [6.45, 7) is 3.08. The molecule has 2 aromatic rings. The summed E-state index contributed by atoms with van der Waals surface area (Å²) in [6, 6.07) is 14.2. The van der Waals surface area contributed by atoms with Crippen molar-refractivity contribution in [2.75, 3.05) is 26.2 Å². The van der Waals surface area contributed by atoms with Crippen molar-refractivity contribution in [2.24, 2.45) is 0 Å². The Kier molecular flexibility index (Phi) is 4.60. The number of hydrogen-bond acceptors (Lipinski definition) is 3. The standard InChI is InChI=1S/C19H18N2O2/c22-17-6-3-4-15(14-17)8-9-16-5-1-2-7-18(16)19(23)21-12-10-20-11-13-21/h1-7,14,20,22H,10-13H2. The predicted molar refractivity (Wildman–Crippen MR) is 89.3 cm³/mol. The Morgan fingerprint density at radius 3 is 2.61 bits per heavy atom. The van der Waals surface area contributed by atoms with Crippen LogP contribution in [0.4, 0.5) is 0 Å². The zero-order valence-electron chi connectivity index (χ0n) is 12.7. The second-order valence-electron chi connectivity index (χ2n) is 5.39. The highest BCUT2D eigenvalue weighted by atomic mass is 16.3. The first kappa shape index (κ1) is 15.1. The lowest BCUT2D eigenvalue weighted by Crippen LogP contribution is -2.46. The zero-order chi connectivity index (χ0) is 16.1. The van der Waals surface area contributed by atoms with Crippen molar-refractivity contribution in [1.82, 2.24) is 10.2 Å². The quantitative estimate of drug-likeness (QED) is 0.791. The van der Waals surface area contributed by atoms with E-state index in [4.69, 9.17) is 0 Å². The molecule has 4 nitrogen and oxygen atoms in total. The maximum Gasteiger partial charge on any atom is 0.255 e. The fraction of sp³-hybridized carbons (Fsp3) is 0.211. The van der Waals surface area contributed by atoms with E-state index in [0.29, 0.717) is 24.2 Å². The highest BCUT2D eigenvalue weighted by Crippen LogP contribution is 2.13. The number of rotatable bonds is 1. The Morgan fingerprint density at radius 2 is 1.83 bits per heavy atom. The van der Waals surface area contributed by atoms with Crippen LogP contribution in [0.2, 0.25) is 0 Å². The number of benzene rings is 2. The van der Waals surface area contributed by atoms with Crippen molar-refractivity contribution < 1.29 is 9.90 Å². The van der Waals surface area contributed by atoms with Crippen molar-refractivity contribution in [3.8, 4) is 17.6 Å². The van der Waals surface area contributed by atoms with Crippen LogP contribution >= 0.6 is 0 Å². The number of nitrogens with zero attached hydrogens (tertiary/aromatic N) is 1. The number of aromatic hydroxyl groups is 1. The van der Waals surface area contributed by atoms with Gasteiger partial charge in [-0.05, 0) is 30.3 Å². The molecule has 3 rings (SSSR count). The first-order valence-corrected chi connectivity index (χ1v) is 7.64. The van der Waals surface area contributed by atoms with Crippen molar-refractivity contribution in [1.29, 1.82) is 0 Å². The molecular formula is C19H18N2O2. The fourth-order valence-corrected chi connectivity index (χ4v) is 2.54. The summed E-state index contributed by atoms with van der Waals surface area (Å²) in [7, 11) is 0. The van der Waals surface area contributed by atoms with E-state index in [1.54, 1.807) is 18.2 Å². The van der Waals surface area contributed by atoms with E-state index in [1.807, 2.05) is 35.2 Å². The number of phenols is 1. The van der Waals surface area contributed by atoms with E-state index in [0.717, 1.165) is 18.7 Å². The monoisotopic (exact) mass is 306 g/mol. The smallest absolute Gasteiger partial charge is 0.255 e. The number of phenolic OH excluding ortho intramolecular Hbond substituents is 1. The summed E-state index contributed by atoms with van der Waals surface area (Å²) in [5, 5.41) is 12.7. The Labute approximate surface area is 135 Å². The van der Waals surface area contributed by atoms with Gasteiger partial charge in [0.25, 0.3) is 5.91 Å². The fourth-order valence-electron chi connectivity index (χ4n) is 2.54. The molecule has 0 saturated carbocycles. The number of carbonyl (C=O) groups excluding carboxylic acids is 1. The lowest BCUT2D eigenvalue weighted by atomic mass is 10.1. The Balaban J connectivity index is 1.88. The van der Waals surface area contributed by atoms with Crippen LogP contribution < -0.4 is 5.32 Å². The minimum absolute atomic E-state index is 0.0207. The topological polar surface area (TPSA) is 52.6 Å². The molecule has 0 unspecified atom stereocenters. The van der Waals surface area contributed by atoms with Crippen LogP contribution in [0.25, 0.3) is 0 Å². The molecule has 2 N–H and O–H groups in total. The van der Waals surface area contributed by atoms with Gasteiger partial charge in [0.15, 0.2) is 0 Å². The molecule has 0 bridgehead atoms. The van der Waals surface area contributed by atoms with Gasteiger partial charge < -0.3 is 15.3 Å². The molecule has 0 atom stereocenters. The maximum absolute atomic E-state index is 12.7. The SMILES string of the molecule is O=C(c1ccccc1C#Cc1cccc(O)c1)N1CCNCC1. The third-order valence-corrected chi connectivity index (χ3v) is 3.75. The van der Waals surface area contributed by atoms with E-state index in [1.165, 1.54) is 0 Å². The third-order valence-electron chi connectivity index (χ3n) is 3.75. The summed E-state index contributed by atoms with van der Waals surface area (Å²) in [5.74, 6) is 6.26. The van der Waals surface area contributed by atoms with Crippen molar-refractivity contribution in [3.63, 3.8) is 0 Å². The number of piperazine rings is 1. The molecule has 0 radical (unpaired) electrons. The average molecular weight is 306 g/mol. The lowest BCUT2D eigenvalue weighted by molar-refractivity contribution is 0.0735. The highest BCUT2D eigenvalue weighted by molar-refractivity contribution is 5.96. The van der Waals surface area contributed by atoms with E-state index < -0.39 is 0 Å². The van der Waals surface area contributed by atoms with Crippen molar-refractivity contribution in [2.45, 2.75) is 0 Å². The molecule has 23 heavy (non-hydrogen) atoms. The van der Waals surface area contributed by atoms with E-state index in [9.17, 15) is 9.90 Å². The van der Waals surface area contributed by atoms with E-state index in [-0.39, 0.29) is 11.7 Å². The van der Waals surface area contributed by atoms with Crippen LogP contribution in [0.1, 0.15) is 21.5 Å². The van der Waals surface area contributed by atoms with Crippen molar-refractivity contribution in [3.05, 3.63) is 65.2 Å². The molecule has 1 fully saturated rings. The van der Waals surface area contributed by atoms with Gasteiger partial charge in [0.05, 0.1) is 5.56 Å². The Morgan fingerprint density at radius 1 is 1.04 bits per heavy atom. The molecule has 0 aliphatic carbocycles. The van der Waals surface area contributed by atoms with Crippen LogP contribution in [-0.2, 0) is 0 Å². The molecule has 1 aliphatic rings. The second-order valence-corrected chi connectivity index (χ2v) is 5.39. The Bertz CT molecular complexity index is 768. The number of hydrogen-bond donors (Lipinski definition) is 2. The van der Waals surface area contributed by atoms with Crippen molar-refractivity contribution >= 4 is 5.91 Å². The van der Waals surface area contributed by atoms with Crippen LogP contribution in [0.3, 0.4) is 0 Å². The van der Waals surface area contributed by atoms with Gasteiger partial charge in [0.2, 0.25) is 0 Å². The molecule has 116 valence electrons. The molecule has 1 saturated heterocycles. The average Bonchev–Trinajstić information content (AvgIpc) is 2.60. The molecule has 0 aromatic heterocycles. The van der Waals surface area contributed by atoms with E-state index in [2.05, 4.69) is 17.2 Å². The van der Waals surface area contributed by atoms with Gasteiger partial charge in [-0.15, -0.1) is 0 Å². The predicted octanol–water partition coefficient (Wildman–Crippen LogP) is 1.84. The van der Waals surface area contributed by atoms with Crippen LogP contribution in [0, 0.1) is 11.8 Å². The van der Waals surface area contributed by atoms with Gasteiger partial charge in [-0.1, -0.05) is 30.0 Å². The molecule has 0 spiro atoms. The number of amides is 1. The van der Waals surface area contributed by atoms with Gasteiger partial charge in [0, 0.05) is 37.3 Å². The van der Waals surface area contributed by atoms with Gasteiger partial charge in [-0.3, -0.25) is 4.79 Å². The largest absolute Gasteiger partial charge is 0.508 e. The van der Waals surface area contributed by atoms with Gasteiger partial charge in [-0.2, -0.15) is 0 Å². The normalized spacial score (nSPS) is 14.0.